The van der Waals surface area contributed by atoms with Crippen molar-refractivity contribution in [1.29, 1.82) is 0 Å². The first-order chi connectivity index (χ1) is 17.8. The van der Waals surface area contributed by atoms with E-state index < -0.39 is 53.7 Å². The van der Waals surface area contributed by atoms with Gasteiger partial charge in [0.15, 0.2) is 0 Å². The number of methoxy groups -OCH3 is 1. The molecule has 2 heterocycles. The fourth-order valence-electron chi connectivity index (χ4n) is 4.43. The van der Waals surface area contributed by atoms with Gasteiger partial charge < -0.3 is 25.4 Å². The highest BCUT2D eigenvalue weighted by Gasteiger charge is 2.44. The van der Waals surface area contributed by atoms with Gasteiger partial charge in [0.25, 0.3) is 0 Å². The van der Waals surface area contributed by atoms with Crippen LogP contribution in [0.4, 0.5) is 0 Å². The first-order valence-electron chi connectivity index (χ1n) is 12.5. The number of hydrogen-bond donors (Lipinski definition) is 3. The van der Waals surface area contributed by atoms with Gasteiger partial charge >= 0.3 is 5.97 Å². The van der Waals surface area contributed by atoms with Gasteiger partial charge in [0.05, 0.1) is 35.3 Å². The fourth-order valence-corrected chi connectivity index (χ4v) is 5.24. The molecule has 0 bridgehead atoms. The molecule has 1 aromatic heterocycles. The molecule has 1 aliphatic heterocycles. The maximum absolute atomic E-state index is 13.6. The lowest BCUT2D eigenvalue weighted by Crippen LogP contribution is -2.58. The predicted molar refractivity (Wildman–Crippen MR) is 143 cm³/mol. The number of amides is 3. The minimum absolute atomic E-state index is 0.0341. The Morgan fingerprint density at radius 1 is 1.18 bits per heavy atom. The van der Waals surface area contributed by atoms with Crippen LogP contribution in [0.3, 0.4) is 0 Å². The van der Waals surface area contributed by atoms with E-state index in [0.717, 1.165) is 21.7 Å². The first-order valence-corrected chi connectivity index (χ1v) is 13.3. The van der Waals surface area contributed by atoms with E-state index in [1.54, 1.807) is 37.6 Å². The molecule has 1 fully saturated rings. The van der Waals surface area contributed by atoms with E-state index in [1.807, 2.05) is 38.1 Å². The van der Waals surface area contributed by atoms with Gasteiger partial charge in [0, 0.05) is 13.0 Å². The summed E-state index contributed by atoms with van der Waals surface area (Å²) in [6, 6.07) is 5.60. The van der Waals surface area contributed by atoms with Crippen LogP contribution in [-0.4, -0.2) is 70.5 Å². The molecule has 3 N–H and O–H groups in total. The molecule has 0 spiro atoms. The van der Waals surface area contributed by atoms with E-state index in [-0.39, 0.29) is 19.0 Å². The Labute approximate surface area is 226 Å². The van der Waals surface area contributed by atoms with Crippen LogP contribution < -0.4 is 10.6 Å². The Bertz CT molecular complexity index is 1170. The minimum Gasteiger partial charge on any atom is -0.469 e. The molecule has 11 heteroatoms. The number of aromatic nitrogens is 1. The van der Waals surface area contributed by atoms with Crippen molar-refractivity contribution in [2.75, 3.05) is 13.7 Å². The number of nitrogens with one attached hydrogen (secondary N) is 2. The molecule has 0 aliphatic carbocycles. The SMILES string of the molecule is COC(=O)CC(=O)N[C@H](C(=O)N1C[C@H](O)C[C@H]1C(=O)N[C@@H](C)c1ccc(-c2scnc2C)cc1)C(C)(C)C. The summed E-state index contributed by atoms with van der Waals surface area (Å²) in [6.07, 6.45) is -1.32. The molecule has 1 saturated heterocycles. The van der Waals surface area contributed by atoms with Crippen molar-refractivity contribution in [3.05, 3.63) is 41.0 Å². The van der Waals surface area contributed by atoms with Crippen LogP contribution in [0.2, 0.25) is 0 Å². The van der Waals surface area contributed by atoms with Crippen molar-refractivity contribution >= 4 is 35.0 Å². The van der Waals surface area contributed by atoms with Crippen LogP contribution in [0.1, 0.15) is 57.8 Å². The first kappa shape index (κ1) is 29.2. The summed E-state index contributed by atoms with van der Waals surface area (Å²) in [6.45, 7) is 9.10. The van der Waals surface area contributed by atoms with Crippen molar-refractivity contribution in [3.8, 4) is 10.4 Å². The molecule has 2 aromatic rings. The highest BCUT2D eigenvalue weighted by atomic mass is 32.1. The summed E-state index contributed by atoms with van der Waals surface area (Å²) in [5, 5.41) is 15.9. The van der Waals surface area contributed by atoms with Gasteiger partial charge in [-0.2, -0.15) is 0 Å². The number of benzene rings is 1. The molecule has 3 amide bonds. The standard InChI is InChI=1S/C27H36N4O6S/c1-15(17-7-9-18(10-8-17)23-16(2)28-14-38-23)29-25(35)20-11-19(32)13-31(20)26(36)24(27(3,4)5)30-21(33)12-22(34)37-6/h7-10,14-15,19-20,24,32H,11-13H2,1-6H3,(H,29,35)(H,30,33)/t15-,19+,20-,24+/m0/s1. The molecule has 0 saturated carbocycles. The maximum atomic E-state index is 13.6. The summed E-state index contributed by atoms with van der Waals surface area (Å²) < 4.78 is 4.53. The van der Waals surface area contributed by atoms with Crippen LogP contribution in [0.25, 0.3) is 10.4 Å². The van der Waals surface area contributed by atoms with Gasteiger partial charge in [-0.1, -0.05) is 45.0 Å². The normalized spacial score (nSPS) is 19.0. The number of likely N-dealkylation sites (tertiary alicyclic amines) is 1. The number of aryl methyl sites for hydroxylation is 1. The average Bonchev–Trinajstić information content (AvgIpc) is 3.46. The molecule has 10 nitrogen and oxygen atoms in total. The van der Waals surface area contributed by atoms with Crippen molar-refractivity contribution < 1.29 is 29.0 Å². The number of esters is 1. The van der Waals surface area contributed by atoms with E-state index in [1.165, 1.54) is 12.0 Å². The quantitative estimate of drug-likeness (QED) is 0.343. The molecule has 4 atom stereocenters. The van der Waals surface area contributed by atoms with Crippen LogP contribution in [0, 0.1) is 12.3 Å². The zero-order valence-electron chi connectivity index (χ0n) is 22.6. The van der Waals surface area contributed by atoms with Gasteiger partial charge in [-0.05, 0) is 30.4 Å². The number of β-amino-alcohol motifs (C(OH)–C–C–N with tert-alkyl or cyclic N) is 1. The summed E-state index contributed by atoms with van der Waals surface area (Å²) >= 11 is 1.57. The Hall–Kier alpha value is -3.31. The lowest BCUT2D eigenvalue weighted by Gasteiger charge is -2.35. The van der Waals surface area contributed by atoms with E-state index >= 15 is 0 Å². The maximum Gasteiger partial charge on any atom is 0.315 e. The number of nitrogens with zero attached hydrogens (tertiary/aromatic N) is 2. The predicted octanol–water partition coefficient (Wildman–Crippen LogP) is 2.35. The summed E-state index contributed by atoms with van der Waals surface area (Å²) in [5.74, 6) is -2.26. The second-order valence-corrected chi connectivity index (χ2v) is 11.5. The largest absolute Gasteiger partial charge is 0.469 e. The lowest BCUT2D eigenvalue weighted by atomic mass is 9.85. The highest BCUT2D eigenvalue weighted by molar-refractivity contribution is 7.13. The van der Waals surface area contributed by atoms with Gasteiger partial charge in [-0.15, -0.1) is 11.3 Å². The molecular weight excluding hydrogens is 508 g/mol. The Morgan fingerprint density at radius 2 is 1.84 bits per heavy atom. The van der Waals surface area contributed by atoms with Gasteiger partial charge in [-0.25, -0.2) is 4.98 Å². The number of ether oxygens (including phenoxy) is 1. The second-order valence-electron chi connectivity index (χ2n) is 10.6. The zero-order valence-corrected chi connectivity index (χ0v) is 23.4. The smallest absolute Gasteiger partial charge is 0.315 e. The number of carbonyl (C=O) groups excluding carboxylic acids is 4. The third-order valence-electron chi connectivity index (χ3n) is 6.59. The lowest BCUT2D eigenvalue weighted by molar-refractivity contribution is -0.147. The number of aliphatic hydroxyl groups is 1. The molecule has 0 unspecified atom stereocenters. The number of carbonyl (C=O) groups is 4. The van der Waals surface area contributed by atoms with Crippen molar-refractivity contribution in [2.24, 2.45) is 5.41 Å². The molecule has 206 valence electrons. The topological polar surface area (TPSA) is 138 Å². The molecule has 0 radical (unpaired) electrons. The monoisotopic (exact) mass is 544 g/mol. The Balaban J connectivity index is 1.72. The number of thiazole rings is 1. The van der Waals surface area contributed by atoms with Gasteiger partial charge in [-0.3, -0.25) is 19.2 Å². The Kier molecular flexibility index (Phi) is 9.26. The van der Waals surface area contributed by atoms with Crippen molar-refractivity contribution in [3.63, 3.8) is 0 Å². The zero-order chi connectivity index (χ0) is 28.2. The van der Waals surface area contributed by atoms with Gasteiger partial charge in [0.1, 0.15) is 18.5 Å². The van der Waals surface area contributed by atoms with Crippen LogP contribution >= 0.6 is 11.3 Å². The average molecular weight is 545 g/mol. The molecular formula is C27H36N4O6S. The van der Waals surface area contributed by atoms with Crippen LogP contribution in [0.5, 0.6) is 0 Å². The number of aliphatic hydroxyl groups excluding tert-OH is 1. The second kappa shape index (κ2) is 12.0. The van der Waals surface area contributed by atoms with Gasteiger partial charge in [0.2, 0.25) is 17.7 Å². The van der Waals surface area contributed by atoms with Crippen LogP contribution in [0.15, 0.2) is 29.8 Å². The molecule has 3 rings (SSSR count). The summed E-state index contributed by atoms with van der Waals surface area (Å²) in [7, 11) is 1.17. The minimum atomic E-state index is -1.01. The van der Waals surface area contributed by atoms with E-state index in [4.69, 9.17) is 0 Å². The fraction of sp³-hybridized carbons (Fsp3) is 0.519. The third-order valence-corrected chi connectivity index (χ3v) is 7.57. The van der Waals surface area contributed by atoms with E-state index in [9.17, 15) is 24.3 Å². The highest BCUT2D eigenvalue weighted by Crippen LogP contribution is 2.29. The van der Waals surface area contributed by atoms with Crippen molar-refractivity contribution in [2.45, 2.75) is 71.7 Å². The molecule has 1 aliphatic rings. The van der Waals surface area contributed by atoms with E-state index in [2.05, 4.69) is 20.4 Å². The number of rotatable bonds is 8. The summed E-state index contributed by atoms with van der Waals surface area (Å²) in [5.41, 5.74) is 3.99. The number of hydrogen-bond acceptors (Lipinski definition) is 8. The van der Waals surface area contributed by atoms with Crippen molar-refractivity contribution in [1.82, 2.24) is 20.5 Å². The van der Waals surface area contributed by atoms with E-state index in [0.29, 0.717) is 0 Å². The molecule has 1 aromatic carbocycles. The third kappa shape index (κ3) is 6.96. The van der Waals surface area contributed by atoms with Crippen LogP contribution in [-0.2, 0) is 23.9 Å². The summed E-state index contributed by atoms with van der Waals surface area (Å²) in [4.78, 5) is 57.5. The molecule has 38 heavy (non-hydrogen) atoms. The Morgan fingerprint density at radius 3 is 2.39 bits per heavy atom.